The summed E-state index contributed by atoms with van der Waals surface area (Å²) in [4.78, 5) is 68.7. The van der Waals surface area contributed by atoms with Crippen LogP contribution in [0.5, 0.6) is 0 Å². The third-order valence-corrected chi connectivity index (χ3v) is 21.9. The highest BCUT2D eigenvalue weighted by molar-refractivity contribution is 6.21. The van der Waals surface area contributed by atoms with Crippen LogP contribution in [0, 0.1) is 51.0 Å². The molecule has 5 aliphatic carbocycles. The van der Waals surface area contributed by atoms with E-state index in [1.165, 1.54) is 27.0 Å². The maximum Gasteiger partial charge on any atom is 0.346 e. The molecule has 5 aliphatic heterocycles. The summed E-state index contributed by atoms with van der Waals surface area (Å²) in [5.41, 5.74) is -4.14. The number of esters is 2. The molecule has 0 amide bonds. The minimum absolute atomic E-state index is 0.0295. The Morgan fingerprint density at radius 2 is 1.48 bits per heavy atom. The van der Waals surface area contributed by atoms with Gasteiger partial charge in [-0.15, -0.1) is 0 Å². The molecule has 10 rings (SSSR count). The van der Waals surface area contributed by atoms with Crippen LogP contribution in [0.1, 0.15) is 147 Å². The molecule has 10 aliphatic rings. The van der Waals surface area contributed by atoms with Gasteiger partial charge in [0.2, 0.25) is 12.0 Å². The van der Waals surface area contributed by atoms with Crippen molar-refractivity contribution in [2.45, 2.75) is 281 Å². The predicted molar refractivity (Wildman–Crippen MR) is 329 cm³/mol. The molecule has 29 atom stereocenters. The molecule has 2 bridgehead atoms. The highest BCUT2D eigenvalue weighted by atomic mass is 16.7. The number of hydrogen-bond donors (Lipinski definition) is 6. The SMILES string of the molecule is C=C1C[C@H](O[C@@H]2[C@H]3C=C[C@H]4/C(C)=C/C[C@H](O[C@H]5C[C@](C)([N+](=O)[O-])[C@@H](N[C@@H](O)OC)[C@@H](C)O5)/C(C)=C/[C@@H]5[C@@H](O)C=C(C=O)CC56OC(=O)C(=C6O)C(=O)[C@@]4(C)[C@@H]3[C@@H](C)C[C@@H]2C)C[C@@H](O[C@H]2CCC(O[C@H]3C[C@@H](O)C(O[C@H]4CC[C@@H](O)[C@H](C)O4)[C@H](C)O3)[C@H](C)O2)[C@H]1OC(C)=O. The predicted octanol–water partition coefficient (Wildman–Crippen LogP) is 6.10. The third kappa shape index (κ3) is 14.1. The van der Waals surface area contributed by atoms with Crippen molar-refractivity contribution >= 4 is 24.0 Å². The number of methoxy groups -OCH3 is 1. The summed E-state index contributed by atoms with van der Waals surface area (Å²) < 4.78 is 75.5. The number of aliphatic hydroxyl groups is 5. The molecule has 0 aromatic heterocycles. The lowest BCUT2D eigenvalue weighted by Crippen LogP contribution is -2.66. The van der Waals surface area contributed by atoms with Gasteiger partial charge in [-0.3, -0.25) is 29.8 Å². The maximum atomic E-state index is 16.2. The Kier molecular flexibility index (Phi) is 21.7. The Morgan fingerprint density at radius 3 is 2.15 bits per heavy atom. The van der Waals surface area contributed by atoms with E-state index in [1.54, 1.807) is 26.8 Å². The molecular formula is C68H98N2O23. The zero-order valence-corrected chi connectivity index (χ0v) is 55.5. The number of Topliss-reactive ketones (excluding diaryl/α,β-unsaturated/α-hetero) is 1. The van der Waals surface area contributed by atoms with Gasteiger partial charge in [-0.1, -0.05) is 57.2 Å². The number of fused-ring (bicyclic) bond motifs is 3. The van der Waals surface area contributed by atoms with E-state index in [9.17, 15) is 50.0 Å². The van der Waals surface area contributed by atoms with E-state index in [0.717, 1.165) is 0 Å². The number of aldehydes is 1. The smallest absolute Gasteiger partial charge is 0.346 e. The topological polar surface area (TPSA) is 335 Å². The fraction of sp³-hybridized carbons (Fsp3) is 0.765. The number of nitro groups is 1. The first-order valence-electron chi connectivity index (χ1n) is 33.2. The van der Waals surface area contributed by atoms with Gasteiger partial charge in [-0.2, -0.15) is 0 Å². The molecule has 93 heavy (non-hydrogen) atoms. The number of allylic oxidation sites excluding steroid dienone is 2. The number of ketones is 1. The Morgan fingerprint density at radius 1 is 0.806 bits per heavy atom. The normalized spacial score (nSPS) is 47.1. The number of carbonyl (C=O) groups is 4. The minimum Gasteiger partial charge on any atom is -0.507 e. The van der Waals surface area contributed by atoms with Crippen molar-refractivity contribution in [1.29, 1.82) is 0 Å². The second kappa shape index (κ2) is 28.4. The molecule has 0 radical (unpaired) electrons. The van der Waals surface area contributed by atoms with E-state index >= 15 is 4.79 Å². The molecule has 6 N–H and O–H groups in total. The molecule has 4 saturated heterocycles. The Bertz CT molecular complexity index is 2950. The van der Waals surface area contributed by atoms with Crippen LogP contribution >= 0.6 is 0 Å². The molecule has 0 aromatic rings. The lowest BCUT2D eigenvalue weighted by Gasteiger charge is -2.56. The number of hydrogen-bond acceptors (Lipinski definition) is 24. The highest BCUT2D eigenvalue weighted by Crippen LogP contribution is 2.60. The molecule has 25 heteroatoms. The lowest BCUT2D eigenvalue weighted by molar-refractivity contribution is -0.586. The maximum absolute atomic E-state index is 16.2. The van der Waals surface area contributed by atoms with Gasteiger partial charge >= 0.3 is 11.9 Å². The number of aliphatic hydroxyl groups excluding tert-OH is 5. The molecule has 3 unspecified atom stereocenters. The zero-order chi connectivity index (χ0) is 67.5. The summed E-state index contributed by atoms with van der Waals surface area (Å²) in [7, 11) is 1.25. The summed E-state index contributed by atoms with van der Waals surface area (Å²) in [5, 5.41) is 72.1. The second-order valence-electron chi connectivity index (χ2n) is 28.5. The first-order valence-corrected chi connectivity index (χ1v) is 33.2. The quantitative estimate of drug-likeness (QED) is 0.0193. The van der Waals surface area contributed by atoms with Gasteiger partial charge < -0.3 is 82.4 Å². The minimum atomic E-state index is -2.11. The molecule has 5 heterocycles. The van der Waals surface area contributed by atoms with Crippen molar-refractivity contribution < 1.29 is 106 Å². The fourth-order valence-corrected chi connectivity index (χ4v) is 17.2. The highest BCUT2D eigenvalue weighted by Gasteiger charge is 2.65. The van der Waals surface area contributed by atoms with Crippen molar-refractivity contribution in [3.05, 3.63) is 80.7 Å². The van der Waals surface area contributed by atoms with Crippen LogP contribution in [0.25, 0.3) is 0 Å². The lowest BCUT2D eigenvalue weighted by atomic mass is 9.48. The van der Waals surface area contributed by atoms with Crippen molar-refractivity contribution in [3.8, 4) is 0 Å². The molecule has 25 nitrogen and oxygen atoms in total. The Labute approximate surface area is 543 Å². The first kappa shape index (κ1) is 71.1. The summed E-state index contributed by atoms with van der Waals surface area (Å²) in [6.45, 7) is 23.8. The monoisotopic (exact) mass is 1310 g/mol. The van der Waals surface area contributed by atoms with E-state index < -0.39 is 197 Å². The van der Waals surface area contributed by atoms with E-state index in [4.69, 9.17) is 56.8 Å². The number of carbonyl (C=O) groups excluding carboxylic acids is 4. The summed E-state index contributed by atoms with van der Waals surface area (Å²) in [5.74, 6) is -6.25. The van der Waals surface area contributed by atoms with Gasteiger partial charge in [0.15, 0.2) is 42.3 Å². The van der Waals surface area contributed by atoms with Crippen LogP contribution in [-0.2, 0) is 76.0 Å². The Hall–Kier alpha value is -4.68. The van der Waals surface area contributed by atoms with Crippen LogP contribution in [0.15, 0.2) is 70.6 Å². The van der Waals surface area contributed by atoms with Crippen molar-refractivity contribution in [3.63, 3.8) is 0 Å². The van der Waals surface area contributed by atoms with Crippen molar-refractivity contribution in [2.75, 3.05) is 7.11 Å². The van der Waals surface area contributed by atoms with Crippen LogP contribution in [-0.4, -0.2) is 196 Å². The van der Waals surface area contributed by atoms with Gasteiger partial charge in [0, 0.05) is 75.2 Å². The van der Waals surface area contributed by atoms with Crippen LogP contribution < -0.4 is 5.32 Å². The second-order valence-corrected chi connectivity index (χ2v) is 28.5. The molecular weight excluding hydrogens is 1210 g/mol. The molecule has 518 valence electrons. The largest absolute Gasteiger partial charge is 0.507 e. The van der Waals surface area contributed by atoms with Crippen molar-refractivity contribution in [1.82, 2.24) is 5.32 Å². The van der Waals surface area contributed by atoms with E-state index in [-0.39, 0.29) is 49.5 Å². The molecule has 1 spiro atoms. The van der Waals surface area contributed by atoms with Crippen molar-refractivity contribution in [2.24, 2.45) is 40.9 Å². The Balaban J connectivity index is 0.902. The summed E-state index contributed by atoms with van der Waals surface area (Å²) in [6.07, 6.45) is -2.60. The van der Waals surface area contributed by atoms with Gasteiger partial charge in [-0.25, -0.2) is 4.79 Å². The first-order chi connectivity index (χ1) is 43.9. The van der Waals surface area contributed by atoms with E-state index in [1.807, 2.05) is 39.8 Å². The molecule has 2 saturated carbocycles. The van der Waals surface area contributed by atoms with E-state index in [0.29, 0.717) is 61.5 Å². The van der Waals surface area contributed by atoms with Gasteiger partial charge in [0.25, 0.3) is 0 Å². The number of nitrogens with one attached hydrogen (secondary N) is 1. The molecule has 6 fully saturated rings. The van der Waals surface area contributed by atoms with Gasteiger partial charge in [0.05, 0.1) is 79.5 Å². The van der Waals surface area contributed by atoms with Gasteiger partial charge in [-0.05, 0) is 114 Å². The zero-order valence-electron chi connectivity index (χ0n) is 55.5. The standard InChI is InChI=1S/C68H98N2O23/c1-31-14-18-49(89-55-29-66(11,70(80)81)61(39(9)86-55)69-65(79)82-13)32(2)24-45-47(74)25-41(30-71)28-68(45)63(77)56(64(78)93-68)62(76)67(12)44(31)16-15-43-57(67)33(3)22-34(4)58(43)88-42-23-35(5)59(87-40(10)72)51(26-42)91-52-21-19-50(37(7)84-52)90-54-27-48(75)60(38(8)85-54)92-53-20-17-46(73)36(6)83-53/h14-16,24-25,30,33-34,36-39,42-55,57-61,65,69,73-75,77,79H,5,17-23,26-29H2,1-4,6-13H3/b31-14+,32-24+/t33-,34-,36-,37-,38-,39+,42-,43-,44-,45+,46+,47-,48+,49-,50?,51+,52-,53-,54-,55-,57+,58-,59-,60?,61-,65-,66-,67+,68?/m0/s1. The number of ether oxygens (including phenoxy) is 12. The number of nitrogens with zero attached hydrogens (tertiary/aromatic N) is 1. The van der Waals surface area contributed by atoms with Crippen LogP contribution in [0.2, 0.25) is 0 Å². The number of rotatable bonds is 16. The summed E-state index contributed by atoms with van der Waals surface area (Å²) in [6, 6.07) is -1.02. The molecule has 0 aromatic carbocycles. The average Bonchev–Trinajstić information content (AvgIpc) is 1.68. The van der Waals surface area contributed by atoms with Gasteiger partial charge in [0.1, 0.15) is 36.2 Å². The third-order valence-electron chi connectivity index (χ3n) is 21.9. The summed E-state index contributed by atoms with van der Waals surface area (Å²) >= 11 is 0. The van der Waals surface area contributed by atoms with Crippen LogP contribution in [0.4, 0.5) is 0 Å². The van der Waals surface area contributed by atoms with E-state index in [2.05, 4.69) is 31.8 Å². The average molecular weight is 1310 g/mol. The fourth-order valence-electron chi connectivity index (χ4n) is 17.2. The van der Waals surface area contributed by atoms with Crippen LogP contribution in [0.3, 0.4) is 0 Å².